The Balaban J connectivity index is 2.15. The first-order chi connectivity index (χ1) is 7.49. The summed E-state index contributed by atoms with van der Waals surface area (Å²) >= 11 is 1.92. The lowest BCUT2D eigenvalue weighted by Gasteiger charge is -2.23. The number of hydrogen-bond donors (Lipinski definition) is 1. The minimum Gasteiger partial charge on any atom is -0.307 e. The normalized spacial score (nSPS) is 26.1. The van der Waals surface area contributed by atoms with Gasteiger partial charge in [0.2, 0.25) is 0 Å². The molecule has 2 heteroatoms. The molecular formula is C14H23NS. The Morgan fingerprint density at radius 3 is 2.38 bits per heavy atom. The summed E-state index contributed by atoms with van der Waals surface area (Å²) in [6.45, 7) is 11.4. The molecule has 1 nitrogen and oxygen atoms in total. The Labute approximate surface area is 103 Å². The van der Waals surface area contributed by atoms with Crippen molar-refractivity contribution in [1.82, 2.24) is 5.32 Å². The fourth-order valence-electron chi connectivity index (χ4n) is 2.39. The lowest BCUT2D eigenvalue weighted by atomic mass is 9.96. The third kappa shape index (κ3) is 2.49. The molecule has 1 aliphatic carbocycles. The van der Waals surface area contributed by atoms with Crippen LogP contribution in [0.5, 0.6) is 0 Å². The molecule has 3 atom stereocenters. The van der Waals surface area contributed by atoms with E-state index in [1.165, 1.54) is 21.7 Å². The highest BCUT2D eigenvalue weighted by molar-refractivity contribution is 7.12. The van der Waals surface area contributed by atoms with Gasteiger partial charge in [0.25, 0.3) is 0 Å². The zero-order chi connectivity index (χ0) is 11.9. The lowest BCUT2D eigenvalue weighted by molar-refractivity contribution is 0.402. The van der Waals surface area contributed by atoms with Crippen molar-refractivity contribution >= 4 is 11.3 Å². The summed E-state index contributed by atoms with van der Waals surface area (Å²) in [7, 11) is 0. The fourth-order valence-corrected chi connectivity index (χ4v) is 3.36. The predicted molar refractivity (Wildman–Crippen MR) is 72.1 cm³/mol. The number of rotatable bonds is 4. The zero-order valence-electron chi connectivity index (χ0n) is 11.0. The molecule has 90 valence electrons. The molecule has 2 rings (SSSR count). The summed E-state index contributed by atoms with van der Waals surface area (Å²) < 4.78 is 0. The van der Waals surface area contributed by atoms with Gasteiger partial charge in [0.1, 0.15) is 0 Å². The standard InChI is InChI=1S/C14H23NS/c1-8(2)14(15-13-6-9(13)3)12-7-10(4)16-11(12)5/h7-9,13-15H,6H2,1-5H3. The quantitative estimate of drug-likeness (QED) is 0.832. The molecule has 16 heavy (non-hydrogen) atoms. The summed E-state index contributed by atoms with van der Waals surface area (Å²) in [5.74, 6) is 1.54. The van der Waals surface area contributed by atoms with Gasteiger partial charge in [-0.05, 0) is 43.7 Å². The van der Waals surface area contributed by atoms with Gasteiger partial charge in [-0.3, -0.25) is 0 Å². The summed E-state index contributed by atoms with van der Waals surface area (Å²) in [5.41, 5.74) is 1.52. The first-order valence-corrected chi connectivity index (χ1v) is 7.13. The maximum absolute atomic E-state index is 3.82. The molecule has 1 aliphatic rings. The number of aryl methyl sites for hydroxylation is 2. The van der Waals surface area contributed by atoms with E-state index in [9.17, 15) is 0 Å². The van der Waals surface area contributed by atoms with Crippen molar-refractivity contribution in [3.63, 3.8) is 0 Å². The second-order valence-corrected chi connectivity index (χ2v) is 7.04. The predicted octanol–water partition coefficient (Wildman–Crippen LogP) is 4.06. The van der Waals surface area contributed by atoms with Gasteiger partial charge in [0, 0.05) is 21.8 Å². The molecule has 1 N–H and O–H groups in total. The van der Waals surface area contributed by atoms with Gasteiger partial charge in [0.05, 0.1) is 0 Å². The van der Waals surface area contributed by atoms with Crippen molar-refractivity contribution in [2.45, 2.75) is 53.1 Å². The van der Waals surface area contributed by atoms with E-state index >= 15 is 0 Å². The Morgan fingerprint density at radius 1 is 1.38 bits per heavy atom. The largest absolute Gasteiger partial charge is 0.307 e. The maximum atomic E-state index is 3.82. The smallest absolute Gasteiger partial charge is 0.0356 e. The highest BCUT2D eigenvalue weighted by Gasteiger charge is 2.35. The molecule has 1 saturated carbocycles. The van der Waals surface area contributed by atoms with Crippen LogP contribution in [0.4, 0.5) is 0 Å². The van der Waals surface area contributed by atoms with Crippen molar-refractivity contribution in [3.8, 4) is 0 Å². The first kappa shape index (κ1) is 12.1. The van der Waals surface area contributed by atoms with E-state index in [1.54, 1.807) is 0 Å². The topological polar surface area (TPSA) is 12.0 Å². The van der Waals surface area contributed by atoms with Gasteiger partial charge in [0.15, 0.2) is 0 Å². The molecule has 0 radical (unpaired) electrons. The van der Waals surface area contributed by atoms with Gasteiger partial charge in [-0.1, -0.05) is 20.8 Å². The van der Waals surface area contributed by atoms with Crippen LogP contribution in [0.3, 0.4) is 0 Å². The average molecular weight is 237 g/mol. The van der Waals surface area contributed by atoms with E-state index in [2.05, 4.69) is 46.0 Å². The molecule has 1 aromatic heterocycles. The second kappa shape index (κ2) is 4.50. The Bertz CT molecular complexity index is 367. The molecule has 1 fully saturated rings. The third-order valence-electron chi connectivity index (χ3n) is 3.58. The molecule has 0 saturated heterocycles. The van der Waals surface area contributed by atoms with E-state index in [4.69, 9.17) is 0 Å². The van der Waals surface area contributed by atoms with Crippen molar-refractivity contribution in [2.24, 2.45) is 11.8 Å². The van der Waals surface area contributed by atoms with Crippen LogP contribution in [-0.4, -0.2) is 6.04 Å². The number of nitrogens with one attached hydrogen (secondary N) is 1. The highest BCUT2D eigenvalue weighted by atomic mass is 32.1. The van der Waals surface area contributed by atoms with E-state index < -0.39 is 0 Å². The van der Waals surface area contributed by atoms with Crippen molar-refractivity contribution in [2.75, 3.05) is 0 Å². The molecular weight excluding hydrogens is 214 g/mol. The molecule has 1 heterocycles. The van der Waals surface area contributed by atoms with Gasteiger partial charge in [-0.2, -0.15) is 0 Å². The molecule has 0 aliphatic heterocycles. The minimum atomic E-state index is 0.542. The zero-order valence-corrected chi connectivity index (χ0v) is 11.8. The van der Waals surface area contributed by atoms with Gasteiger partial charge in [-0.25, -0.2) is 0 Å². The number of thiophene rings is 1. The first-order valence-electron chi connectivity index (χ1n) is 6.32. The summed E-state index contributed by atoms with van der Waals surface area (Å²) in [4.78, 5) is 2.92. The van der Waals surface area contributed by atoms with Gasteiger partial charge < -0.3 is 5.32 Å². The van der Waals surface area contributed by atoms with Crippen LogP contribution in [0, 0.1) is 25.7 Å². The van der Waals surface area contributed by atoms with Crippen molar-refractivity contribution in [3.05, 3.63) is 21.4 Å². The molecule has 1 aromatic rings. The molecule has 0 amide bonds. The molecule has 0 bridgehead atoms. The lowest BCUT2D eigenvalue weighted by Crippen LogP contribution is -2.28. The van der Waals surface area contributed by atoms with E-state index in [0.717, 1.165) is 12.0 Å². The summed E-state index contributed by atoms with van der Waals surface area (Å²) in [6, 6.07) is 3.66. The SMILES string of the molecule is Cc1cc(C(NC2CC2C)C(C)C)c(C)s1. The van der Waals surface area contributed by atoms with Crippen LogP contribution in [0.1, 0.15) is 48.6 Å². The van der Waals surface area contributed by atoms with Crippen molar-refractivity contribution in [1.29, 1.82) is 0 Å². The third-order valence-corrected chi connectivity index (χ3v) is 4.57. The summed E-state index contributed by atoms with van der Waals surface area (Å²) in [5, 5.41) is 3.82. The number of hydrogen-bond acceptors (Lipinski definition) is 2. The summed E-state index contributed by atoms with van der Waals surface area (Å²) in [6.07, 6.45) is 1.35. The average Bonchev–Trinajstić information content (AvgIpc) is 2.76. The van der Waals surface area contributed by atoms with Crippen LogP contribution in [0.25, 0.3) is 0 Å². The Kier molecular flexibility index (Phi) is 3.41. The van der Waals surface area contributed by atoms with Crippen LogP contribution >= 0.6 is 11.3 Å². The molecule has 3 unspecified atom stereocenters. The maximum Gasteiger partial charge on any atom is 0.0356 e. The van der Waals surface area contributed by atoms with Gasteiger partial charge >= 0.3 is 0 Å². The monoisotopic (exact) mass is 237 g/mol. The second-order valence-electron chi connectivity index (χ2n) is 5.58. The molecule has 0 aromatic carbocycles. The van der Waals surface area contributed by atoms with Crippen molar-refractivity contribution < 1.29 is 0 Å². The van der Waals surface area contributed by atoms with Crippen LogP contribution < -0.4 is 5.32 Å². The van der Waals surface area contributed by atoms with Gasteiger partial charge in [-0.15, -0.1) is 11.3 Å². The Hall–Kier alpha value is -0.340. The van der Waals surface area contributed by atoms with E-state index in [0.29, 0.717) is 12.0 Å². The van der Waals surface area contributed by atoms with Crippen LogP contribution in [-0.2, 0) is 0 Å². The minimum absolute atomic E-state index is 0.542. The highest BCUT2D eigenvalue weighted by Crippen LogP contribution is 2.36. The Morgan fingerprint density at radius 2 is 2.00 bits per heavy atom. The fraction of sp³-hybridized carbons (Fsp3) is 0.714. The van der Waals surface area contributed by atoms with E-state index in [1.807, 2.05) is 11.3 Å². The van der Waals surface area contributed by atoms with Crippen LogP contribution in [0.2, 0.25) is 0 Å². The van der Waals surface area contributed by atoms with E-state index in [-0.39, 0.29) is 0 Å². The molecule has 0 spiro atoms. The van der Waals surface area contributed by atoms with Crippen LogP contribution in [0.15, 0.2) is 6.07 Å².